The average molecular weight is 450 g/mol. The summed E-state index contributed by atoms with van der Waals surface area (Å²) in [6.45, 7) is 6.57. The maximum atomic E-state index is 13.3. The summed E-state index contributed by atoms with van der Waals surface area (Å²) in [5, 5.41) is 3.55. The Morgan fingerprint density at radius 3 is 2.73 bits per heavy atom. The molecule has 8 nitrogen and oxygen atoms in total. The molecule has 3 amide bonds. The second-order valence-corrected chi connectivity index (χ2v) is 9.05. The molecule has 0 unspecified atom stereocenters. The first-order valence-electron chi connectivity index (χ1n) is 11.2. The summed E-state index contributed by atoms with van der Waals surface area (Å²) in [6.07, 6.45) is 2.20. The first-order valence-corrected chi connectivity index (χ1v) is 11.2. The number of nitrogens with one attached hydrogen (secondary N) is 1. The number of ketones is 1. The van der Waals surface area contributed by atoms with Gasteiger partial charge in [-0.15, -0.1) is 0 Å². The van der Waals surface area contributed by atoms with Gasteiger partial charge in [0.15, 0.2) is 11.3 Å². The van der Waals surface area contributed by atoms with Crippen LogP contribution in [0.5, 0.6) is 0 Å². The minimum Gasteiger partial charge on any atom is -0.458 e. The maximum absolute atomic E-state index is 13.3. The molecule has 2 saturated heterocycles. The number of Topliss-reactive ketones (excluding diaryl/α,β-unsaturated/α-hetero) is 1. The zero-order valence-corrected chi connectivity index (χ0v) is 19.0. The lowest BCUT2D eigenvalue weighted by atomic mass is 9.98. The van der Waals surface area contributed by atoms with Gasteiger partial charge in [-0.2, -0.15) is 0 Å². The molecule has 2 aliphatic heterocycles. The summed E-state index contributed by atoms with van der Waals surface area (Å²) in [7, 11) is 0. The average Bonchev–Trinajstić information content (AvgIpc) is 3.55. The Morgan fingerprint density at radius 1 is 1.21 bits per heavy atom. The number of ether oxygens (including phenoxy) is 1. The molecule has 2 aliphatic rings. The fourth-order valence-corrected chi connectivity index (χ4v) is 4.82. The molecule has 2 aromatic heterocycles. The van der Waals surface area contributed by atoms with Gasteiger partial charge in [-0.3, -0.25) is 14.5 Å². The van der Waals surface area contributed by atoms with Crippen LogP contribution in [0.3, 0.4) is 0 Å². The Balaban J connectivity index is 1.36. The van der Waals surface area contributed by atoms with Gasteiger partial charge in [0.2, 0.25) is 0 Å². The summed E-state index contributed by atoms with van der Waals surface area (Å²) in [4.78, 5) is 40.1. The predicted molar refractivity (Wildman–Crippen MR) is 121 cm³/mol. The van der Waals surface area contributed by atoms with Crippen LogP contribution in [-0.4, -0.2) is 46.4 Å². The van der Waals surface area contributed by atoms with Crippen LogP contribution in [0.25, 0.3) is 11.0 Å². The number of aromatic nitrogens is 1. The van der Waals surface area contributed by atoms with Crippen LogP contribution in [0.2, 0.25) is 0 Å². The van der Waals surface area contributed by atoms with Crippen LogP contribution in [0.4, 0.5) is 4.79 Å². The number of benzene rings is 1. The van der Waals surface area contributed by atoms with Gasteiger partial charge < -0.3 is 19.0 Å². The van der Waals surface area contributed by atoms with Crippen LogP contribution >= 0.6 is 0 Å². The second kappa shape index (κ2) is 7.88. The van der Waals surface area contributed by atoms with Gasteiger partial charge in [-0.05, 0) is 51.8 Å². The molecule has 33 heavy (non-hydrogen) atoms. The molecule has 8 heteroatoms. The Kier molecular flexibility index (Phi) is 5.12. The predicted octanol–water partition coefficient (Wildman–Crippen LogP) is 3.68. The van der Waals surface area contributed by atoms with Crippen molar-refractivity contribution in [2.45, 2.75) is 51.8 Å². The summed E-state index contributed by atoms with van der Waals surface area (Å²) >= 11 is 0. The van der Waals surface area contributed by atoms with E-state index >= 15 is 0 Å². The van der Waals surface area contributed by atoms with Crippen LogP contribution in [0.1, 0.15) is 47.3 Å². The molecular weight excluding hydrogens is 422 g/mol. The molecule has 0 spiro atoms. The lowest BCUT2D eigenvalue weighted by molar-refractivity contribution is -0.131. The van der Waals surface area contributed by atoms with Crippen LogP contribution in [0, 0.1) is 13.8 Å². The summed E-state index contributed by atoms with van der Waals surface area (Å²) in [5.74, 6) is -0.446. The van der Waals surface area contributed by atoms with E-state index in [1.807, 2.05) is 38.1 Å². The van der Waals surface area contributed by atoms with Crippen LogP contribution in [-0.2, 0) is 21.6 Å². The molecule has 172 valence electrons. The van der Waals surface area contributed by atoms with E-state index in [0.717, 1.165) is 41.1 Å². The number of amides is 3. The third-order valence-corrected chi connectivity index (χ3v) is 6.78. The first-order chi connectivity index (χ1) is 15.8. The van der Waals surface area contributed by atoms with E-state index in [1.54, 1.807) is 19.1 Å². The highest BCUT2D eigenvalue weighted by atomic mass is 16.5. The summed E-state index contributed by atoms with van der Waals surface area (Å²) in [6, 6.07) is 10.4. The number of aryl methyl sites for hydroxylation is 1. The molecule has 1 N–H and O–H groups in total. The van der Waals surface area contributed by atoms with E-state index in [9.17, 15) is 14.4 Å². The van der Waals surface area contributed by atoms with E-state index in [-0.39, 0.29) is 18.4 Å². The van der Waals surface area contributed by atoms with Gasteiger partial charge >= 0.3 is 6.03 Å². The molecule has 5 rings (SSSR count). The molecule has 0 aliphatic carbocycles. The van der Waals surface area contributed by atoms with Crippen molar-refractivity contribution in [3.8, 4) is 0 Å². The molecule has 2 fully saturated rings. The number of nitrogens with zero attached hydrogens (tertiary/aromatic N) is 2. The molecule has 4 heterocycles. The molecule has 3 aromatic rings. The van der Waals surface area contributed by atoms with E-state index in [1.165, 1.54) is 0 Å². The minimum absolute atomic E-state index is 0.146. The van der Waals surface area contributed by atoms with Gasteiger partial charge in [-0.1, -0.05) is 18.2 Å². The number of fused-ring (bicyclic) bond motifs is 1. The number of para-hydroxylation sites is 1. The summed E-state index contributed by atoms with van der Waals surface area (Å²) < 4.78 is 13.7. The van der Waals surface area contributed by atoms with E-state index in [2.05, 4.69) is 9.88 Å². The number of hydrogen-bond acceptors (Lipinski definition) is 5. The third-order valence-electron chi connectivity index (χ3n) is 6.78. The fraction of sp³-hybridized carbons (Fsp3) is 0.400. The van der Waals surface area contributed by atoms with Gasteiger partial charge in [0.05, 0.1) is 12.6 Å². The van der Waals surface area contributed by atoms with Gasteiger partial charge in [0, 0.05) is 35.5 Å². The summed E-state index contributed by atoms with van der Waals surface area (Å²) in [5.41, 5.74) is 1.55. The number of urea groups is 1. The van der Waals surface area contributed by atoms with Crippen molar-refractivity contribution in [2.24, 2.45) is 0 Å². The normalized spacial score (nSPS) is 23.0. The van der Waals surface area contributed by atoms with Gasteiger partial charge in [0.25, 0.3) is 5.91 Å². The largest absolute Gasteiger partial charge is 0.458 e. The Hall–Kier alpha value is -3.39. The monoisotopic (exact) mass is 449 g/mol. The number of carbonyl (C=O) groups excluding carboxylic acids is 3. The Morgan fingerprint density at radius 2 is 2.00 bits per heavy atom. The van der Waals surface area contributed by atoms with Crippen molar-refractivity contribution in [1.82, 2.24) is 14.8 Å². The van der Waals surface area contributed by atoms with Gasteiger partial charge in [-0.25, -0.2) is 4.79 Å². The molecule has 1 aromatic carbocycles. The van der Waals surface area contributed by atoms with E-state index in [4.69, 9.17) is 9.15 Å². The van der Waals surface area contributed by atoms with E-state index < -0.39 is 17.5 Å². The molecular formula is C25H27N3O5. The lowest BCUT2D eigenvalue weighted by Gasteiger charge is -2.19. The van der Waals surface area contributed by atoms with Crippen molar-refractivity contribution >= 4 is 28.7 Å². The van der Waals surface area contributed by atoms with Crippen molar-refractivity contribution in [3.05, 3.63) is 59.1 Å². The molecule has 0 bridgehead atoms. The number of furan rings is 1. The van der Waals surface area contributed by atoms with Crippen molar-refractivity contribution in [3.63, 3.8) is 0 Å². The Bertz CT molecular complexity index is 1230. The SMILES string of the molecule is Cc1cc(C(=O)CN2C(=O)N[C@](C)(c3cc4ccccc4o3)C2=O)c(C)n1C[C@H]1CCCO1. The van der Waals surface area contributed by atoms with Crippen molar-refractivity contribution < 1.29 is 23.5 Å². The zero-order valence-electron chi connectivity index (χ0n) is 19.0. The number of imide groups is 1. The van der Waals surface area contributed by atoms with Crippen LogP contribution < -0.4 is 5.32 Å². The molecule has 0 radical (unpaired) electrons. The maximum Gasteiger partial charge on any atom is 0.325 e. The minimum atomic E-state index is -1.37. The molecule has 0 saturated carbocycles. The quantitative estimate of drug-likeness (QED) is 0.458. The highest BCUT2D eigenvalue weighted by molar-refractivity contribution is 6.11. The number of carbonyl (C=O) groups is 3. The zero-order chi connectivity index (χ0) is 23.3. The smallest absolute Gasteiger partial charge is 0.325 e. The highest BCUT2D eigenvalue weighted by Gasteiger charge is 2.51. The van der Waals surface area contributed by atoms with Crippen molar-refractivity contribution in [1.29, 1.82) is 0 Å². The first kappa shape index (κ1) is 21.5. The highest BCUT2D eigenvalue weighted by Crippen LogP contribution is 2.33. The van der Waals surface area contributed by atoms with E-state index in [0.29, 0.717) is 23.5 Å². The lowest BCUT2D eigenvalue weighted by Crippen LogP contribution is -2.41. The number of hydrogen-bond donors (Lipinski definition) is 1. The van der Waals surface area contributed by atoms with Gasteiger partial charge in [0.1, 0.15) is 11.3 Å². The Labute approximate surface area is 191 Å². The third kappa shape index (κ3) is 3.54. The fourth-order valence-electron chi connectivity index (χ4n) is 4.82. The molecule has 2 atom stereocenters. The van der Waals surface area contributed by atoms with Crippen LogP contribution in [0.15, 0.2) is 40.8 Å². The van der Waals surface area contributed by atoms with Crippen molar-refractivity contribution in [2.75, 3.05) is 13.2 Å². The second-order valence-electron chi connectivity index (χ2n) is 9.05. The topological polar surface area (TPSA) is 93.8 Å². The number of rotatable bonds is 6. The standard InChI is InChI=1S/C25H27N3O5/c1-15-11-19(16(2)27(15)13-18-8-6-10-32-18)20(29)14-28-23(30)25(3,26-24(28)31)22-12-17-7-4-5-9-21(17)33-22/h4-5,7,9,11-12,18H,6,8,10,13-14H2,1-3H3,(H,26,31)/t18-,25-/m1/s1.